The molecule has 0 bridgehead atoms. The molecule has 88 valence electrons. The zero-order chi connectivity index (χ0) is 11.5. The summed E-state index contributed by atoms with van der Waals surface area (Å²) in [4.78, 5) is 2.52. The van der Waals surface area contributed by atoms with Crippen molar-refractivity contribution >= 4 is 0 Å². The number of likely N-dealkylation sites (tertiary alicyclic amines) is 1. The first kappa shape index (κ1) is 10.6. The van der Waals surface area contributed by atoms with E-state index in [0.717, 1.165) is 12.1 Å². The molecule has 1 aromatic carbocycles. The van der Waals surface area contributed by atoms with Crippen molar-refractivity contribution in [2.24, 2.45) is 0 Å². The fourth-order valence-electron chi connectivity index (χ4n) is 2.43. The molecule has 1 fully saturated rings. The fraction of sp³-hybridized carbons (Fsp3) is 0.333. The van der Waals surface area contributed by atoms with E-state index in [4.69, 9.17) is 4.42 Å². The molecular formula is C15H17NO. The Balaban J connectivity index is 1.71. The predicted molar refractivity (Wildman–Crippen MR) is 68.7 cm³/mol. The Hall–Kier alpha value is -1.54. The molecule has 17 heavy (non-hydrogen) atoms. The van der Waals surface area contributed by atoms with Crippen LogP contribution in [0.25, 0.3) is 11.1 Å². The van der Waals surface area contributed by atoms with Crippen molar-refractivity contribution in [2.45, 2.75) is 19.4 Å². The maximum absolute atomic E-state index is 5.10. The van der Waals surface area contributed by atoms with Crippen molar-refractivity contribution in [1.29, 1.82) is 0 Å². The van der Waals surface area contributed by atoms with E-state index in [-0.39, 0.29) is 0 Å². The van der Waals surface area contributed by atoms with Crippen LogP contribution in [0.1, 0.15) is 18.4 Å². The zero-order valence-corrected chi connectivity index (χ0v) is 9.93. The minimum absolute atomic E-state index is 1.09. The SMILES string of the molecule is c1cc(-c2ccc(CN3CCCC3)cc2)co1. The van der Waals surface area contributed by atoms with Gasteiger partial charge in [-0.1, -0.05) is 24.3 Å². The second-order valence-corrected chi connectivity index (χ2v) is 4.69. The normalized spacial score (nSPS) is 16.5. The molecule has 0 saturated carbocycles. The highest BCUT2D eigenvalue weighted by Gasteiger charge is 2.11. The van der Waals surface area contributed by atoms with Crippen molar-refractivity contribution < 1.29 is 4.42 Å². The van der Waals surface area contributed by atoms with Gasteiger partial charge in [-0.15, -0.1) is 0 Å². The van der Waals surface area contributed by atoms with Gasteiger partial charge in [0, 0.05) is 12.1 Å². The summed E-state index contributed by atoms with van der Waals surface area (Å²) in [7, 11) is 0. The number of nitrogens with zero attached hydrogens (tertiary/aromatic N) is 1. The molecule has 0 N–H and O–H groups in total. The van der Waals surface area contributed by atoms with Gasteiger partial charge >= 0.3 is 0 Å². The van der Waals surface area contributed by atoms with Gasteiger partial charge in [0.25, 0.3) is 0 Å². The van der Waals surface area contributed by atoms with E-state index in [1.807, 2.05) is 6.07 Å². The summed E-state index contributed by atoms with van der Waals surface area (Å²) in [6, 6.07) is 10.8. The maximum atomic E-state index is 5.10. The average Bonchev–Trinajstić information content (AvgIpc) is 3.01. The van der Waals surface area contributed by atoms with Crippen LogP contribution in [0.3, 0.4) is 0 Å². The zero-order valence-electron chi connectivity index (χ0n) is 9.93. The Morgan fingerprint density at radius 3 is 2.35 bits per heavy atom. The van der Waals surface area contributed by atoms with Crippen LogP contribution in [0, 0.1) is 0 Å². The fourth-order valence-corrected chi connectivity index (χ4v) is 2.43. The molecule has 2 aromatic rings. The van der Waals surface area contributed by atoms with Crippen LogP contribution in [0.5, 0.6) is 0 Å². The van der Waals surface area contributed by atoms with Crippen LogP contribution in [0.15, 0.2) is 47.3 Å². The van der Waals surface area contributed by atoms with E-state index >= 15 is 0 Å². The Labute approximate surface area is 102 Å². The second-order valence-electron chi connectivity index (χ2n) is 4.69. The average molecular weight is 227 g/mol. The van der Waals surface area contributed by atoms with Gasteiger partial charge in [-0.2, -0.15) is 0 Å². The van der Waals surface area contributed by atoms with Crippen molar-refractivity contribution in [3.8, 4) is 11.1 Å². The van der Waals surface area contributed by atoms with Crippen molar-refractivity contribution in [2.75, 3.05) is 13.1 Å². The summed E-state index contributed by atoms with van der Waals surface area (Å²) in [6.07, 6.45) is 6.21. The molecule has 0 atom stereocenters. The van der Waals surface area contributed by atoms with Crippen LogP contribution in [0.4, 0.5) is 0 Å². The van der Waals surface area contributed by atoms with Gasteiger partial charge in [0.15, 0.2) is 0 Å². The minimum Gasteiger partial charge on any atom is -0.472 e. The summed E-state index contributed by atoms with van der Waals surface area (Å²) in [5.74, 6) is 0. The number of furan rings is 1. The summed E-state index contributed by atoms with van der Waals surface area (Å²) < 4.78 is 5.10. The molecule has 2 heterocycles. The number of benzene rings is 1. The number of hydrogen-bond acceptors (Lipinski definition) is 2. The van der Waals surface area contributed by atoms with Crippen molar-refractivity contribution in [1.82, 2.24) is 4.90 Å². The Morgan fingerprint density at radius 2 is 1.71 bits per heavy atom. The van der Waals surface area contributed by atoms with Gasteiger partial charge in [0.05, 0.1) is 12.5 Å². The predicted octanol–water partition coefficient (Wildman–Crippen LogP) is 3.54. The Kier molecular flexibility index (Phi) is 2.97. The molecule has 0 radical (unpaired) electrons. The molecule has 0 amide bonds. The molecule has 0 aliphatic carbocycles. The molecule has 1 aliphatic heterocycles. The molecule has 3 rings (SSSR count). The Morgan fingerprint density at radius 1 is 0.941 bits per heavy atom. The van der Waals surface area contributed by atoms with Gasteiger partial charge in [-0.3, -0.25) is 4.90 Å². The summed E-state index contributed by atoms with van der Waals surface area (Å²) in [5.41, 5.74) is 3.78. The smallest absolute Gasteiger partial charge is 0.0980 e. The second kappa shape index (κ2) is 4.76. The van der Waals surface area contributed by atoms with E-state index in [2.05, 4.69) is 29.2 Å². The lowest BCUT2D eigenvalue weighted by Gasteiger charge is -2.14. The van der Waals surface area contributed by atoms with Crippen molar-refractivity contribution in [3.05, 3.63) is 48.4 Å². The molecular weight excluding hydrogens is 210 g/mol. The first-order valence-corrected chi connectivity index (χ1v) is 6.26. The standard InChI is InChI=1S/C15H17NO/c1-2-9-16(8-1)11-13-3-5-14(6-4-13)15-7-10-17-12-15/h3-7,10,12H,1-2,8-9,11H2. The van der Waals surface area contributed by atoms with Crippen LogP contribution in [-0.4, -0.2) is 18.0 Å². The minimum atomic E-state index is 1.09. The lowest BCUT2D eigenvalue weighted by molar-refractivity contribution is 0.331. The van der Waals surface area contributed by atoms with Crippen LogP contribution in [0.2, 0.25) is 0 Å². The largest absolute Gasteiger partial charge is 0.472 e. The van der Waals surface area contributed by atoms with Gasteiger partial charge in [0.2, 0.25) is 0 Å². The van der Waals surface area contributed by atoms with Crippen LogP contribution < -0.4 is 0 Å². The molecule has 1 aromatic heterocycles. The third kappa shape index (κ3) is 2.42. The third-order valence-corrected chi connectivity index (χ3v) is 3.41. The van der Waals surface area contributed by atoms with Crippen LogP contribution >= 0.6 is 0 Å². The quantitative estimate of drug-likeness (QED) is 0.797. The topological polar surface area (TPSA) is 16.4 Å². The summed E-state index contributed by atoms with van der Waals surface area (Å²) >= 11 is 0. The van der Waals surface area contributed by atoms with Gasteiger partial charge in [-0.05, 0) is 43.1 Å². The monoisotopic (exact) mass is 227 g/mol. The molecule has 1 saturated heterocycles. The van der Waals surface area contributed by atoms with E-state index in [9.17, 15) is 0 Å². The molecule has 2 heteroatoms. The number of rotatable bonds is 3. The highest BCUT2D eigenvalue weighted by Crippen LogP contribution is 2.21. The number of hydrogen-bond donors (Lipinski definition) is 0. The van der Waals surface area contributed by atoms with Gasteiger partial charge in [-0.25, -0.2) is 0 Å². The molecule has 0 unspecified atom stereocenters. The maximum Gasteiger partial charge on any atom is 0.0980 e. The summed E-state index contributed by atoms with van der Waals surface area (Å²) in [5, 5.41) is 0. The van der Waals surface area contributed by atoms with Crippen molar-refractivity contribution in [3.63, 3.8) is 0 Å². The van der Waals surface area contributed by atoms with E-state index < -0.39 is 0 Å². The highest BCUT2D eigenvalue weighted by atomic mass is 16.3. The lowest BCUT2D eigenvalue weighted by Crippen LogP contribution is -2.18. The third-order valence-electron chi connectivity index (χ3n) is 3.41. The molecule has 1 aliphatic rings. The first-order valence-electron chi connectivity index (χ1n) is 6.26. The first-order chi connectivity index (χ1) is 8.42. The lowest BCUT2D eigenvalue weighted by atomic mass is 10.1. The van der Waals surface area contributed by atoms with Gasteiger partial charge < -0.3 is 4.42 Å². The van der Waals surface area contributed by atoms with E-state index in [1.165, 1.54) is 37.1 Å². The van der Waals surface area contributed by atoms with Gasteiger partial charge in [0.1, 0.15) is 0 Å². The van der Waals surface area contributed by atoms with E-state index in [1.54, 1.807) is 12.5 Å². The van der Waals surface area contributed by atoms with E-state index in [0.29, 0.717) is 0 Å². The molecule has 0 spiro atoms. The molecule has 2 nitrogen and oxygen atoms in total. The summed E-state index contributed by atoms with van der Waals surface area (Å²) in [6.45, 7) is 3.60. The Bertz CT molecular complexity index is 452. The van der Waals surface area contributed by atoms with Crippen LogP contribution in [-0.2, 0) is 6.54 Å². The highest BCUT2D eigenvalue weighted by molar-refractivity contribution is 5.62.